The Morgan fingerprint density at radius 1 is 0.967 bits per heavy atom. The Hall–Kier alpha value is -3.15. The van der Waals surface area contributed by atoms with Gasteiger partial charge in [0, 0.05) is 31.7 Å². The van der Waals surface area contributed by atoms with Crippen LogP contribution in [0.1, 0.15) is 18.6 Å². The Bertz CT molecular complexity index is 1160. The maximum atomic E-state index is 9.94. The summed E-state index contributed by atoms with van der Waals surface area (Å²) in [5, 5.41) is 13.4. The first-order chi connectivity index (χ1) is 14.7. The van der Waals surface area contributed by atoms with E-state index in [2.05, 4.69) is 74.4 Å². The summed E-state index contributed by atoms with van der Waals surface area (Å²) in [6.45, 7) is 5.67. The maximum Gasteiger partial charge on any atom is 0.100 e. The fraction of sp³-hybridized carbons (Fsp3) is 0.240. The van der Waals surface area contributed by atoms with Crippen LogP contribution in [0.2, 0.25) is 0 Å². The smallest absolute Gasteiger partial charge is 0.100 e. The maximum absolute atomic E-state index is 9.94. The highest BCUT2D eigenvalue weighted by Gasteiger charge is 2.21. The predicted octanol–water partition coefficient (Wildman–Crippen LogP) is 4.16. The molecule has 1 aromatic heterocycles. The molecule has 0 bridgehead atoms. The molecule has 152 valence electrons. The lowest BCUT2D eigenvalue weighted by Gasteiger charge is -2.33. The third-order valence-corrected chi connectivity index (χ3v) is 5.85. The number of aliphatic hydroxyl groups excluding tert-OH is 1. The zero-order valence-corrected chi connectivity index (χ0v) is 17.1. The van der Waals surface area contributed by atoms with Gasteiger partial charge in [0.25, 0.3) is 0 Å². The van der Waals surface area contributed by atoms with Gasteiger partial charge in [-0.1, -0.05) is 48.5 Å². The molecule has 5 rings (SSSR count). The van der Waals surface area contributed by atoms with Crippen LogP contribution in [0.4, 0.5) is 5.69 Å². The second kappa shape index (κ2) is 7.94. The number of rotatable bonds is 4. The molecule has 0 unspecified atom stereocenters. The van der Waals surface area contributed by atoms with Crippen LogP contribution in [-0.4, -0.2) is 40.8 Å². The second-order valence-electron chi connectivity index (χ2n) is 7.82. The molecule has 0 aliphatic carbocycles. The Labute approximate surface area is 176 Å². The number of hydrogen-bond acceptors (Lipinski definition) is 4. The van der Waals surface area contributed by atoms with Gasteiger partial charge in [0.15, 0.2) is 0 Å². The topological polar surface area (TPSA) is 53.3 Å². The average Bonchev–Trinajstić information content (AvgIpc) is 3.23. The van der Waals surface area contributed by atoms with Crippen molar-refractivity contribution in [1.82, 2.24) is 14.9 Å². The number of anilines is 1. The summed E-state index contributed by atoms with van der Waals surface area (Å²) < 4.78 is 2.17. The zero-order valence-electron chi connectivity index (χ0n) is 17.1. The molecule has 2 N–H and O–H groups in total. The minimum Gasteiger partial charge on any atom is -0.389 e. The lowest BCUT2D eigenvalue weighted by atomic mass is 10.0. The first-order valence-electron chi connectivity index (χ1n) is 10.5. The van der Waals surface area contributed by atoms with Crippen molar-refractivity contribution < 1.29 is 5.11 Å². The van der Waals surface area contributed by atoms with E-state index in [9.17, 15) is 5.11 Å². The molecule has 3 aromatic carbocycles. The third-order valence-electron chi connectivity index (χ3n) is 5.85. The van der Waals surface area contributed by atoms with E-state index in [1.54, 1.807) is 6.92 Å². The SMILES string of the molecule is C[C@@H](O)c1ccc2c(c1)ncn2-c1cccc(-c2ccccc2)c1N1CCNCC1. The molecule has 1 aliphatic heterocycles. The molecule has 1 aliphatic rings. The number of piperazine rings is 1. The molecular weight excluding hydrogens is 372 g/mol. The highest BCUT2D eigenvalue weighted by Crippen LogP contribution is 2.37. The second-order valence-corrected chi connectivity index (χ2v) is 7.82. The van der Waals surface area contributed by atoms with Crippen molar-refractivity contribution in [3.63, 3.8) is 0 Å². The minimum absolute atomic E-state index is 0.502. The van der Waals surface area contributed by atoms with Gasteiger partial charge in [-0.15, -0.1) is 0 Å². The van der Waals surface area contributed by atoms with E-state index >= 15 is 0 Å². The number of nitrogens with one attached hydrogen (secondary N) is 1. The third kappa shape index (κ3) is 3.36. The summed E-state index contributed by atoms with van der Waals surface area (Å²) in [6, 6.07) is 23.1. The fourth-order valence-corrected chi connectivity index (χ4v) is 4.28. The molecule has 30 heavy (non-hydrogen) atoms. The van der Waals surface area contributed by atoms with Crippen LogP contribution in [0.5, 0.6) is 0 Å². The highest BCUT2D eigenvalue weighted by atomic mass is 16.3. The van der Waals surface area contributed by atoms with Crippen LogP contribution in [0.15, 0.2) is 73.1 Å². The van der Waals surface area contributed by atoms with Crippen LogP contribution in [0.25, 0.3) is 27.8 Å². The van der Waals surface area contributed by atoms with E-state index in [0.717, 1.165) is 48.5 Å². The molecule has 1 atom stereocenters. The Balaban J connectivity index is 1.71. The number of fused-ring (bicyclic) bond motifs is 1. The molecule has 1 saturated heterocycles. The summed E-state index contributed by atoms with van der Waals surface area (Å²) in [5.41, 5.74) is 7.64. The average molecular weight is 399 g/mol. The van der Waals surface area contributed by atoms with E-state index in [1.165, 1.54) is 16.8 Å². The van der Waals surface area contributed by atoms with Gasteiger partial charge in [-0.3, -0.25) is 4.57 Å². The summed E-state index contributed by atoms with van der Waals surface area (Å²) in [5.74, 6) is 0. The lowest BCUT2D eigenvalue weighted by Crippen LogP contribution is -2.44. The molecule has 4 aromatic rings. The molecule has 0 saturated carbocycles. The molecule has 5 nitrogen and oxygen atoms in total. The molecule has 2 heterocycles. The first kappa shape index (κ1) is 18.9. The molecule has 1 fully saturated rings. The minimum atomic E-state index is -0.502. The predicted molar refractivity (Wildman–Crippen MR) is 122 cm³/mol. The zero-order chi connectivity index (χ0) is 20.5. The largest absolute Gasteiger partial charge is 0.389 e. The van der Waals surface area contributed by atoms with Crippen LogP contribution in [0, 0.1) is 0 Å². The van der Waals surface area contributed by atoms with Crippen LogP contribution >= 0.6 is 0 Å². The van der Waals surface area contributed by atoms with Crippen molar-refractivity contribution >= 4 is 16.7 Å². The Kier molecular flexibility index (Phi) is 4.99. The molecule has 5 heteroatoms. The Morgan fingerprint density at radius 2 is 1.77 bits per heavy atom. The monoisotopic (exact) mass is 398 g/mol. The van der Waals surface area contributed by atoms with Crippen LogP contribution in [-0.2, 0) is 0 Å². The van der Waals surface area contributed by atoms with Crippen molar-refractivity contribution in [3.8, 4) is 16.8 Å². The van der Waals surface area contributed by atoms with Gasteiger partial charge < -0.3 is 15.3 Å². The number of hydrogen-bond donors (Lipinski definition) is 2. The number of benzene rings is 3. The van der Waals surface area contributed by atoms with E-state index < -0.39 is 6.10 Å². The fourth-order valence-electron chi connectivity index (χ4n) is 4.28. The summed E-state index contributed by atoms with van der Waals surface area (Å²) >= 11 is 0. The molecule has 0 spiro atoms. The van der Waals surface area contributed by atoms with Crippen molar-refractivity contribution in [2.45, 2.75) is 13.0 Å². The van der Waals surface area contributed by atoms with E-state index in [0.29, 0.717) is 0 Å². The van der Waals surface area contributed by atoms with E-state index in [4.69, 9.17) is 0 Å². The van der Waals surface area contributed by atoms with Crippen molar-refractivity contribution in [1.29, 1.82) is 0 Å². The summed E-state index contributed by atoms with van der Waals surface area (Å²) in [4.78, 5) is 7.12. The highest BCUT2D eigenvalue weighted by molar-refractivity contribution is 5.88. The van der Waals surface area contributed by atoms with Gasteiger partial charge in [0.1, 0.15) is 6.33 Å². The van der Waals surface area contributed by atoms with Gasteiger partial charge in [-0.25, -0.2) is 4.98 Å². The first-order valence-corrected chi connectivity index (χ1v) is 10.5. The van der Waals surface area contributed by atoms with Crippen molar-refractivity contribution in [2.75, 3.05) is 31.1 Å². The van der Waals surface area contributed by atoms with Crippen molar-refractivity contribution in [2.24, 2.45) is 0 Å². The summed E-state index contributed by atoms with van der Waals surface area (Å²) in [6.07, 6.45) is 1.39. The van der Waals surface area contributed by atoms with Crippen LogP contribution < -0.4 is 10.2 Å². The standard InChI is InChI=1S/C25H26N4O/c1-18(30)20-10-11-23-22(16-20)27-17-29(23)24-9-5-8-21(19-6-3-2-4-7-19)25(24)28-14-12-26-13-15-28/h2-11,16-18,26,30H,12-15H2,1H3/t18-/m1/s1. The van der Waals surface area contributed by atoms with Crippen molar-refractivity contribution in [3.05, 3.63) is 78.6 Å². The van der Waals surface area contributed by atoms with Gasteiger partial charge in [0.2, 0.25) is 0 Å². The summed E-state index contributed by atoms with van der Waals surface area (Å²) in [7, 11) is 0. The van der Waals surface area contributed by atoms with Crippen LogP contribution in [0.3, 0.4) is 0 Å². The molecular formula is C25H26N4O. The van der Waals surface area contributed by atoms with E-state index in [1.807, 2.05) is 18.5 Å². The van der Waals surface area contributed by atoms with Gasteiger partial charge in [-0.05, 0) is 36.2 Å². The van der Waals surface area contributed by atoms with Gasteiger partial charge in [0.05, 0.1) is 28.5 Å². The number of aromatic nitrogens is 2. The quantitative estimate of drug-likeness (QED) is 0.542. The Morgan fingerprint density at radius 3 is 2.53 bits per heavy atom. The van der Waals surface area contributed by atoms with Gasteiger partial charge in [-0.2, -0.15) is 0 Å². The molecule has 0 radical (unpaired) electrons. The van der Waals surface area contributed by atoms with E-state index in [-0.39, 0.29) is 0 Å². The van der Waals surface area contributed by atoms with Gasteiger partial charge >= 0.3 is 0 Å². The number of aliphatic hydroxyl groups is 1. The normalized spacial score (nSPS) is 15.5. The number of imidazole rings is 1. The lowest BCUT2D eigenvalue weighted by molar-refractivity contribution is 0.199. The number of nitrogens with zero attached hydrogens (tertiary/aromatic N) is 3. The molecule has 0 amide bonds. The number of para-hydroxylation sites is 1.